The van der Waals surface area contributed by atoms with E-state index >= 15 is 0 Å². The zero-order chi connectivity index (χ0) is 18.2. The Morgan fingerprint density at radius 3 is 2.29 bits per heavy atom. The van der Waals surface area contributed by atoms with Crippen LogP contribution in [0.25, 0.3) is 0 Å². The molecule has 3 nitrogen and oxygen atoms in total. The Bertz CT molecular complexity index is 489. The largest absolute Gasteiger partial charge is 0.497 e. The van der Waals surface area contributed by atoms with Crippen molar-refractivity contribution < 1.29 is 13.9 Å². The highest BCUT2D eigenvalue weighted by Gasteiger charge is 2.39. The topological polar surface area (TPSA) is 27.7 Å². The molecule has 0 bridgehead atoms. The zero-order valence-corrected chi connectivity index (χ0v) is 17.2. The molecule has 0 aliphatic heterocycles. The summed E-state index contributed by atoms with van der Waals surface area (Å²) >= 11 is 0. The van der Waals surface area contributed by atoms with Crippen molar-refractivity contribution >= 4 is 8.32 Å². The summed E-state index contributed by atoms with van der Waals surface area (Å²) in [5, 5.41) is 0.204. The fourth-order valence-corrected chi connectivity index (χ4v) is 3.48. The first-order valence-electron chi connectivity index (χ1n) is 8.69. The average Bonchev–Trinajstić information content (AvgIpc) is 2.51. The van der Waals surface area contributed by atoms with Gasteiger partial charge < -0.3 is 13.9 Å². The molecule has 0 fully saturated rings. The molecule has 0 saturated carbocycles. The van der Waals surface area contributed by atoms with E-state index in [0.717, 1.165) is 24.2 Å². The molecule has 0 aliphatic carbocycles. The lowest BCUT2D eigenvalue weighted by molar-refractivity contribution is 0.0310. The van der Waals surface area contributed by atoms with Crippen molar-refractivity contribution in [3.63, 3.8) is 0 Å². The summed E-state index contributed by atoms with van der Waals surface area (Å²) in [5.41, 5.74) is 1.14. The second-order valence-corrected chi connectivity index (χ2v) is 12.5. The number of benzene rings is 1. The molecule has 1 aromatic rings. The minimum Gasteiger partial charge on any atom is -0.497 e. The normalized spacial score (nSPS) is 13.6. The summed E-state index contributed by atoms with van der Waals surface area (Å²) < 4.78 is 17.6. The molecule has 24 heavy (non-hydrogen) atoms. The summed E-state index contributed by atoms with van der Waals surface area (Å²) in [4.78, 5) is 0. The number of allylic oxidation sites excluding steroid dienone is 1. The van der Waals surface area contributed by atoms with Gasteiger partial charge in [0.2, 0.25) is 0 Å². The SMILES string of the molecule is C=CCC[C@@H](COCc1ccc(OC)cc1)O[Si](C)(C)C(C)(C)C. The number of rotatable bonds is 10. The Morgan fingerprint density at radius 1 is 1.17 bits per heavy atom. The van der Waals surface area contributed by atoms with Crippen LogP contribution in [0.4, 0.5) is 0 Å². The van der Waals surface area contributed by atoms with Crippen LogP contribution in [-0.4, -0.2) is 28.1 Å². The predicted molar refractivity (Wildman–Crippen MR) is 104 cm³/mol. The summed E-state index contributed by atoms with van der Waals surface area (Å²) in [6, 6.07) is 7.98. The van der Waals surface area contributed by atoms with Crippen molar-refractivity contribution in [3.05, 3.63) is 42.5 Å². The maximum atomic E-state index is 6.53. The van der Waals surface area contributed by atoms with E-state index in [2.05, 4.69) is 40.4 Å². The second-order valence-electron chi connectivity index (χ2n) is 7.73. The summed E-state index contributed by atoms with van der Waals surface area (Å²) in [6.07, 6.45) is 3.98. The van der Waals surface area contributed by atoms with E-state index < -0.39 is 8.32 Å². The van der Waals surface area contributed by atoms with Gasteiger partial charge in [-0.05, 0) is 48.7 Å². The van der Waals surface area contributed by atoms with Crippen molar-refractivity contribution in [1.29, 1.82) is 0 Å². The van der Waals surface area contributed by atoms with E-state index in [1.807, 2.05) is 30.3 Å². The van der Waals surface area contributed by atoms with Gasteiger partial charge in [-0.25, -0.2) is 0 Å². The fourth-order valence-electron chi connectivity index (χ4n) is 2.10. The van der Waals surface area contributed by atoms with Gasteiger partial charge in [0, 0.05) is 0 Å². The van der Waals surface area contributed by atoms with Crippen LogP contribution >= 0.6 is 0 Å². The molecule has 1 rings (SSSR count). The van der Waals surface area contributed by atoms with Gasteiger partial charge >= 0.3 is 0 Å². The lowest BCUT2D eigenvalue weighted by Crippen LogP contribution is -2.45. The van der Waals surface area contributed by atoms with Crippen LogP contribution in [0.5, 0.6) is 5.75 Å². The Kier molecular flexibility index (Phi) is 8.20. The molecule has 0 aromatic heterocycles. The van der Waals surface area contributed by atoms with E-state index in [9.17, 15) is 0 Å². The quantitative estimate of drug-likeness (QED) is 0.408. The molecule has 136 valence electrons. The Labute approximate surface area is 149 Å². The van der Waals surface area contributed by atoms with Gasteiger partial charge in [-0.1, -0.05) is 39.0 Å². The summed E-state index contributed by atoms with van der Waals surface area (Å²) in [6.45, 7) is 16.4. The smallest absolute Gasteiger partial charge is 0.192 e. The highest BCUT2D eigenvalue weighted by atomic mass is 28.4. The van der Waals surface area contributed by atoms with Gasteiger partial charge in [0.1, 0.15) is 5.75 Å². The summed E-state index contributed by atoms with van der Waals surface area (Å²) in [7, 11) is -0.116. The molecule has 0 spiro atoms. The van der Waals surface area contributed by atoms with Gasteiger partial charge in [-0.15, -0.1) is 6.58 Å². The highest BCUT2D eigenvalue weighted by Crippen LogP contribution is 2.37. The summed E-state index contributed by atoms with van der Waals surface area (Å²) in [5.74, 6) is 0.865. The minimum absolute atomic E-state index is 0.127. The first-order valence-corrected chi connectivity index (χ1v) is 11.6. The van der Waals surface area contributed by atoms with Gasteiger partial charge in [0.25, 0.3) is 0 Å². The van der Waals surface area contributed by atoms with Crippen LogP contribution in [-0.2, 0) is 15.8 Å². The van der Waals surface area contributed by atoms with Gasteiger partial charge in [-0.2, -0.15) is 0 Å². The van der Waals surface area contributed by atoms with Crippen molar-refractivity contribution in [2.24, 2.45) is 0 Å². The first kappa shape index (κ1) is 20.9. The molecule has 1 atom stereocenters. The average molecular weight is 351 g/mol. The number of methoxy groups -OCH3 is 1. The second kappa shape index (κ2) is 9.40. The Hall–Kier alpha value is -1.10. The van der Waals surface area contributed by atoms with Crippen LogP contribution < -0.4 is 4.74 Å². The minimum atomic E-state index is -1.79. The number of ether oxygens (including phenoxy) is 2. The molecule has 0 heterocycles. The molecule has 0 amide bonds. The van der Waals surface area contributed by atoms with Crippen molar-refractivity contribution in [2.45, 2.75) is 64.5 Å². The van der Waals surface area contributed by atoms with Crippen LogP contribution in [0.15, 0.2) is 36.9 Å². The van der Waals surface area contributed by atoms with Crippen LogP contribution in [0.3, 0.4) is 0 Å². The maximum absolute atomic E-state index is 6.53. The Morgan fingerprint density at radius 2 is 1.79 bits per heavy atom. The van der Waals surface area contributed by atoms with Gasteiger partial charge in [0.15, 0.2) is 8.32 Å². The Balaban J connectivity index is 2.57. The monoisotopic (exact) mass is 350 g/mol. The zero-order valence-electron chi connectivity index (χ0n) is 16.2. The van der Waals surface area contributed by atoms with E-state index in [1.54, 1.807) is 7.11 Å². The van der Waals surface area contributed by atoms with Crippen molar-refractivity contribution in [1.82, 2.24) is 0 Å². The van der Waals surface area contributed by atoms with E-state index in [1.165, 1.54) is 0 Å². The number of hydrogen-bond acceptors (Lipinski definition) is 3. The van der Waals surface area contributed by atoms with Crippen LogP contribution in [0.2, 0.25) is 18.1 Å². The van der Waals surface area contributed by atoms with Gasteiger partial charge in [0.05, 0.1) is 26.4 Å². The molecule has 0 saturated heterocycles. The predicted octanol–water partition coefficient (Wildman–Crippen LogP) is 5.57. The molecule has 0 N–H and O–H groups in total. The van der Waals surface area contributed by atoms with E-state index in [-0.39, 0.29) is 11.1 Å². The van der Waals surface area contributed by atoms with Crippen molar-refractivity contribution in [2.75, 3.05) is 13.7 Å². The first-order chi connectivity index (χ1) is 11.2. The molecule has 0 radical (unpaired) electrons. The van der Waals surface area contributed by atoms with E-state index in [0.29, 0.717) is 13.2 Å². The molecule has 0 aliphatic rings. The van der Waals surface area contributed by atoms with Crippen LogP contribution in [0.1, 0.15) is 39.2 Å². The number of hydrogen-bond donors (Lipinski definition) is 0. The molecule has 4 heteroatoms. The molecular formula is C20H34O3Si. The third kappa shape index (κ3) is 6.79. The third-order valence-corrected chi connectivity index (χ3v) is 9.23. The van der Waals surface area contributed by atoms with E-state index in [4.69, 9.17) is 13.9 Å². The highest BCUT2D eigenvalue weighted by molar-refractivity contribution is 6.74. The molecular weight excluding hydrogens is 316 g/mol. The molecule has 0 unspecified atom stereocenters. The van der Waals surface area contributed by atoms with Gasteiger partial charge in [-0.3, -0.25) is 0 Å². The lowest BCUT2D eigenvalue weighted by Gasteiger charge is -2.39. The van der Waals surface area contributed by atoms with Crippen LogP contribution in [0, 0.1) is 0 Å². The fraction of sp³-hybridized carbons (Fsp3) is 0.600. The standard InChI is InChI=1S/C20H34O3Si/c1-8-9-10-19(23-24(6,7)20(2,3)4)16-22-15-17-11-13-18(21-5)14-12-17/h8,11-14,19H,1,9-10,15-16H2,2-7H3/t19-/m0/s1. The molecule has 1 aromatic carbocycles. The lowest BCUT2D eigenvalue weighted by atomic mass is 10.2. The maximum Gasteiger partial charge on any atom is 0.192 e. The van der Waals surface area contributed by atoms with Crippen molar-refractivity contribution in [3.8, 4) is 5.75 Å². The third-order valence-electron chi connectivity index (χ3n) is 4.69.